The molecule has 31 heavy (non-hydrogen) atoms. The van der Waals surface area contributed by atoms with Gasteiger partial charge in [-0.2, -0.15) is 0 Å². The van der Waals surface area contributed by atoms with E-state index in [4.69, 9.17) is 0 Å². The molecule has 8 heteroatoms. The molecule has 1 aliphatic heterocycles. The summed E-state index contributed by atoms with van der Waals surface area (Å²) in [6.45, 7) is 2.38. The lowest BCUT2D eigenvalue weighted by Gasteiger charge is -2.16. The highest BCUT2D eigenvalue weighted by atomic mass is 32.1. The summed E-state index contributed by atoms with van der Waals surface area (Å²) in [5, 5.41) is 7.94. The van der Waals surface area contributed by atoms with E-state index in [0.717, 1.165) is 16.8 Å². The molecule has 1 atom stereocenters. The van der Waals surface area contributed by atoms with Crippen molar-refractivity contribution in [2.75, 3.05) is 17.2 Å². The number of carbonyl (C=O) groups excluding carboxylic acids is 3. The number of thiazole rings is 1. The second kappa shape index (κ2) is 9.09. The Bertz CT molecular complexity index is 1100. The Morgan fingerprint density at radius 1 is 1.10 bits per heavy atom. The van der Waals surface area contributed by atoms with Crippen LogP contribution in [0.4, 0.5) is 10.8 Å². The topological polar surface area (TPSA) is 91.4 Å². The average Bonchev–Trinajstić information content (AvgIpc) is 3.36. The van der Waals surface area contributed by atoms with Crippen molar-refractivity contribution >= 4 is 39.9 Å². The number of likely N-dealkylation sites (tertiary alicyclic amines) is 1. The Hall–Kier alpha value is -3.52. The Morgan fingerprint density at radius 3 is 2.55 bits per heavy atom. The zero-order valence-electron chi connectivity index (χ0n) is 17.0. The first-order valence-corrected chi connectivity index (χ1v) is 10.8. The highest BCUT2D eigenvalue weighted by Gasteiger charge is 2.34. The number of anilines is 2. The van der Waals surface area contributed by atoms with Crippen LogP contribution in [0, 0.1) is 5.92 Å². The van der Waals surface area contributed by atoms with Crippen molar-refractivity contribution < 1.29 is 14.4 Å². The fourth-order valence-electron chi connectivity index (χ4n) is 3.50. The largest absolute Gasteiger partial charge is 0.338 e. The predicted molar refractivity (Wildman–Crippen MR) is 120 cm³/mol. The van der Waals surface area contributed by atoms with E-state index in [9.17, 15) is 14.4 Å². The van der Waals surface area contributed by atoms with Crippen LogP contribution in [0.3, 0.4) is 0 Å². The van der Waals surface area contributed by atoms with E-state index in [2.05, 4.69) is 15.6 Å². The van der Waals surface area contributed by atoms with Gasteiger partial charge in [0.05, 0.1) is 11.6 Å². The molecule has 1 saturated heterocycles. The fraction of sp³-hybridized carbons (Fsp3) is 0.217. The van der Waals surface area contributed by atoms with Gasteiger partial charge in [-0.05, 0) is 17.7 Å². The summed E-state index contributed by atoms with van der Waals surface area (Å²) in [6, 6.07) is 17.1. The molecule has 0 radical (unpaired) electrons. The number of hydrogen-bond acceptors (Lipinski definition) is 5. The number of benzene rings is 2. The molecular formula is C23H22N4O3S. The Morgan fingerprint density at radius 2 is 1.84 bits per heavy atom. The minimum Gasteiger partial charge on any atom is -0.338 e. The second-order valence-electron chi connectivity index (χ2n) is 7.45. The lowest BCUT2D eigenvalue weighted by atomic mass is 10.1. The zero-order chi connectivity index (χ0) is 21.8. The van der Waals surface area contributed by atoms with Crippen LogP contribution in [-0.2, 0) is 20.9 Å². The van der Waals surface area contributed by atoms with Gasteiger partial charge in [0.15, 0.2) is 5.13 Å². The van der Waals surface area contributed by atoms with Gasteiger partial charge in [-0.1, -0.05) is 42.5 Å². The van der Waals surface area contributed by atoms with Gasteiger partial charge in [-0.25, -0.2) is 4.98 Å². The van der Waals surface area contributed by atoms with Gasteiger partial charge in [0.1, 0.15) is 0 Å². The molecule has 2 heterocycles. The highest BCUT2D eigenvalue weighted by Crippen LogP contribution is 2.27. The molecule has 1 fully saturated rings. The summed E-state index contributed by atoms with van der Waals surface area (Å²) in [4.78, 5) is 42.4. The van der Waals surface area contributed by atoms with Crippen LogP contribution in [0.15, 0.2) is 60.0 Å². The van der Waals surface area contributed by atoms with Crippen LogP contribution in [-0.4, -0.2) is 34.2 Å². The third kappa shape index (κ3) is 5.16. The average molecular weight is 435 g/mol. The molecule has 3 amide bonds. The first-order valence-electron chi connectivity index (χ1n) is 9.94. The van der Waals surface area contributed by atoms with Crippen LogP contribution in [0.5, 0.6) is 0 Å². The highest BCUT2D eigenvalue weighted by molar-refractivity contribution is 7.14. The maximum atomic E-state index is 12.7. The van der Waals surface area contributed by atoms with Crippen molar-refractivity contribution in [3.63, 3.8) is 0 Å². The van der Waals surface area contributed by atoms with E-state index < -0.39 is 0 Å². The summed E-state index contributed by atoms with van der Waals surface area (Å²) < 4.78 is 0. The third-order valence-electron chi connectivity index (χ3n) is 5.04. The predicted octanol–water partition coefficient (Wildman–Crippen LogP) is 3.76. The third-order valence-corrected chi connectivity index (χ3v) is 5.79. The molecule has 1 unspecified atom stereocenters. The second-order valence-corrected chi connectivity index (χ2v) is 8.30. The van der Waals surface area contributed by atoms with E-state index in [-0.39, 0.29) is 30.1 Å². The van der Waals surface area contributed by atoms with Crippen molar-refractivity contribution in [1.82, 2.24) is 9.88 Å². The van der Waals surface area contributed by atoms with Gasteiger partial charge < -0.3 is 15.5 Å². The van der Waals surface area contributed by atoms with Gasteiger partial charge in [-0.3, -0.25) is 14.4 Å². The quantitative estimate of drug-likeness (QED) is 0.618. The van der Waals surface area contributed by atoms with Crippen molar-refractivity contribution in [2.24, 2.45) is 5.92 Å². The molecule has 4 rings (SSSR count). The summed E-state index contributed by atoms with van der Waals surface area (Å²) in [5.41, 5.74) is 3.38. The summed E-state index contributed by atoms with van der Waals surface area (Å²) in [6.07, 6.45) is 0.210. The van der Waals surface area contributed by atoms with Crippen molar-refractivity contribution in [1.29, 1.82) is 0 Å². The van der Waals surface area contributed by atoms with Crippen LogP contribution in [0.2, 0.25) is 0 Å². The molecule has 2 N–H and O–H groups in total. The lowest BCUT2D eigenvalue weighted by molar-refractivity contribution is -0.128. The Kier molecular flexibility index (Phi) is 6.08. The lowest BCUT2D eigenvalue weighted by Crippen LogP contribution is -2.28. The molecular weight excluding hydrogens is 412 g/mol. The number of hydrogen-bond donors (Lipinski definition) is 2. The van der Waals surface area contributed by atoms with Gasteiger partial charge in [0.2, 0.25) is 17.7 Å². The summed E-state index contributed by atoms with van der Waals surface area (Å²) in [5.74, 6) is -0.714. The van der Waals surface area contributed by atoms with Crippen LogP contribution < -0.4 is 10.6 Å². The SMILES string of the molecule is CC(=O)Nc1ccc(-c2csc(NC(=O)C3CC(=O)N(Cc4ccccc4)C3)n2)cc1. The summed E-state index contributed by atoms with van der Waals surface area (Å²) in [7, 11) is 0. The number of amides is 3. The van der Waals surface area contributed by atoms with E-state index >= 15 is 0 Å². The van der Waals surface area contributed by atoms with Gasteiger partial charge in [-0.15, -0.1) is 11.3 Å². The molecule has 0 bridgehead atoms. The van der Waals surface area contributed by atoms with Crippen LogP contribution in [0.25, 0.3) is 11.3 Å². The number of rotatable bonds is 6. The zero-order valence-corrected chi connectivity index (χ0v) is 17.8. The number of nitrogens with zero attached hydrogens (tertiary/aromatic N) is 2. The van der Waals surface area contributed by atoms with E-state index in [1.807, 2.05) is 47.8 Å². The van der Waals surface area contributed by atoms with Crippen LogP contribution in [0.1, 0.15) is 18.9 Å². The first-order chi connectivity index (χ1) is 15.0. The monoisotopic (exact) mass is 434 g/mol. The molecule has 158 valence electrons. The molecule has 0 aliphatic carbocycles. The maximum absolute atomic E-state index is 12.7. The maximum Gasteiger partial charge on any atom is 0.231 e. The molecule has 1 aromatic heterocycles. The summed E-state index contributed by atoms with van der Waals surface area (Å²) >= 11 is 1.34. The molecule has 2 aromatic carbocycles. The number of carbonyl (C=O) groups is 3. The Balaban J connectivity index is 1.36. The van der Waals surface area contributed by atoms with Crippen molar-refractivity contribution in [2.45, 2.75) is 19.9 Å². The molecule has 3 aromatic rings. The van der Waals surface area contributed by atoms with Crippen LogP contribution >= 0.6 is 11.3 Å². The van der Waals surface area contributed by atoms with Gasteiger partial charge >= 0.3 is 0 Å². The van der Waals surface area contributed by atoms with Crippen molar-refractivity contribution in [3.05, 3.63) is 65.5 Å². The minimum atomic E-state index is -0.388. The normalized spacial score (nSPS) is 15.7. The molecule has 0 saturated carbocycles. The number of nitrogens with one attached hydrogen (secondary N) is 2. The molecule has 1 aliphatic rings. The van der Waals surface area contributed by atoms with Crippen molar-refractivity contribution in [3.8, 4) is 11.3 Å². The molecule has 7 nitrogen and oxygen atoms in total. The number of aromatic nitrogens is 1. The van der Waals surface area contributed by atoms with E-state index in [1.54, 1.807) is 17.0 Å². The smallest absolute Gasteiger partial charge is 0.231 e. The fourth-order valence-corrected chi connectivity index (χ4v) is 4.23. The minimum absolute atomic E-state index is 0.0110. The van der Waals surface area contributed by atoms with E-state index in [0.29, 0.717) is 23.9 Å². The first kappa shape index (κ1) is 20.7. The Labute approximate surface area is 184 Å². The van der Waals surface area contributed by atoms with Gasteiger partial charge in [0.25, 0.3) is 0 Å². The van der Waals surface area contributed by atoms with E-state index in [1.165, 1.54) is 18.3 Å². The standard InChI is InChI=1S/C23H22N4O3S/c1-15(28)24-19-9-7-17(8-10-19)20-14-31-23(25-20)26-22(30)18-11-21(29)27(13-18)12-16-5-3-2-4-6-16/h2-10,14,18H,11-13H2,1H3,(H,24,28)(H,25,26,30). The van der Waals surface area contributed by atoms with Gasteiger partial charge in [0, 0.05) is 43.1 Å². The molecule has 0 spiro atoms.